The van der Waals surface area contributed by atoms with Crippen LogP contribution in [0.2, 0.25) is 5.02 Å². The molecule has 1 aliphatic carbocycles. The fraction of sp³-hybridized carbons (Fsp3) is 0.609. The summed E-state index contributed by atoms with van der Waals surface area (Å²) >= 11 is 5.96. The maximum Gasteiger partial charge on any atom is 0.173 e. The molecule has 5 unspecified atom stereocenters. The Bertz CT molecular complexity index is 740. The molecular formula is C23H30ClNO4. The van der Waals surface area contributed by atoms with E-state index in [-0.39, 0.29) is 36.1 Å². The summed E-state index contributed by atoms with van der Waals surface area (Å²) < 4.78 is 17.9. The number of carbonyl (C=O) groups excluding carboxylic acids is 1. The Morgan fingerprint density at radius 3 is 2.59 bits per heavy atom. The van der Waals surface area contributed by atoms with Crippen LogP contribution in [-0.2, 0) is 19.0 Å². The normalized spacial score (nSPS) is 33.0. The number of nitrogens with zero attached hydrogens (tertiary/aromatic N) is 1. The Morgan fingerprint density at radius 2 is 1.86 bits per heavy atom. The molecule has 5 atom stereocenters. The number of ketones is 1. The number of fused-ring (bicyclic) bond motifs is 1. The number of benzene rings is 1. The van der Waals surface area contributed by atoms with E-state index in [9.17, 15) is 4.79 Å². The predicted molar refractivity (Wildman–Crippen MR) is 113 cm³/mol. The average Bonchev–Trinajstić information content (AvgIpc) is 2.68. The van der Waals surface area contributed by atoms with Crippen LogP contribution in [0, 0.1) is 5.92 Å². The Balaban J connectivity index is 1.28. The molecule has 0 bridgehead atoms. The van der Waals surface area contributed by atoms with Crippen molar-refractivity contribution in [2.45, 2.75) is 57.5 Å². The van der Waals surface area contributed by atoms with Crippen molar-refractivity contribution in [2.75, 3.05) is 26.2 Å². The number of rotatable bonds is 5. The Morgan fingerprint density at radius 1 is 1.14 bits per heavy atom. The molecule has 2 heterocycles. The van der Waals surface area contributed by atoms with E-state index in [1.54, 1.807) is 18.4 Å². The minimum atomic E-state index is -0.0827. The summed E-state index contributed by atoms with van der Waals surface area (Å²) in [6, 6.07) is 7.35. The second-order valence-corrected chi connectivity index (χ2v) is 8.94. The van der Waals surface area contributed by atoms with Crippen molar-refractivity contribution < 1.29 is 19.0 Å². The first-order chi connectivity index (χ1) is 14.0. The third-order valence-corrected chi connectivity index (χ3v) is 6.37. The zero-order chi connectivity index (χ0) is 20.4. The monoisotopic (exact) mass is 419 g/mol. The molecule has 4 rings (SSSR count). The molecule has 2 fully saturated rings. The van der Waals surface area contributed by atoms with Crippen LogP contribution >= 0.6 is 11.6 Å². The number of carbonyl (C=O) groups is 1. The summed E-state index contributed by atoms with van der Waals surface area (Å²) in [5.41, 5.74) is 1.52. The van der Waals surface area contributed by atoms with E-state index in [2.05, 4.69) is 18.7 Å². The highest BCUT2D eigenvalue weighted by Crippen LogP contribution is 2.37. The van der Waals surface area contributed by atoms with Gasteiger partial charge in [0.05, 0.1) is 42.7 Å². The molecule has 1 aromatic rings. The van der Waals surface area contributed by atoms with Crippen molar-refractivity contribution in [3.8, 4) is 0 Å². The number of morpholine rings is 1. The third kappa shape index (κ3) is 5.02. The van der Waals surface area contributed by atoms with Crippen molar-refractivity contribution in [2.24, 2.45) is 5.92 Å². The van der Waals surface area contributed by atoms with Crippen LogP contribution in [0.4, 0.5) is 0 Å². The second-order valence-electron chi connectivity index (χ2n) is 8.51. The molecule has 5 nitrogen and oxygen atoms in total. The minimum Gasteiger partial charge on any atom is -0.496 e. The molecule has 6 heteroatoms. The first kappa shape index (κ1) is 20.9. The Kier molecular flexibility index (Phi) is 6.60. The largest absolute Gasteiger partial charge is 0.496 e. The minimum absolute atomic E-state index is 0.0773. The highest BCUT2D eigenvalue weighted by Gasteiger charge is 2.40. The number of halogens is 1. The number of ether oxygens (including phenoxy) is 3. The van der Waals surface area contributed by atoms with Gasteiger partial charge in [-0.25, -0.2) is 0 Å². The van der Waals surface area contributed by atoms with Crippen LogP contribution < -0.4 is 0 Å². The predicted octanol–water partition coefficient (Wildman–Crippen LogP) is 3.94. The lowest BCUT2D eigenvalue weighted by Crippen LogP contribution is -2.47. The van der Waals surface area contributed by atoms with Gasteiger partial charge in [0.15, 0.2) is 5.78 Å². The van der Waals surface area contributed by atoms with Crippen LogP contribution in [0.1, 0.15) is 38.7 Å². The molecule has 0 N–H and O–H groups in total. The van der Waals surface area contributed by atoms with Gasteiger partial charge in [-0.2, -0.15) is 0 Å². The van der Waals surface area contributed by atoms with Gasteiger partial charge in [-0.15, -0.1) is 0 Å². The molecule has 1 saturated carbocycles. The zero-order valence-electron chi connectivity index (χ0n) is 17.2. The van der Waals surface area contributed by atoms with E-state index < -0.39 is 0 Å². The molecular weight excluding hydrogens is 390 g/mol. The zero-order valence-corrected chi connectivity index (χ0v) is 17.9. The van der Waals surface area contributed by atoms with E-state index in [0.717, 1.165) is 44.5 Å². The van der Waals surface area contributed by atoms with E-state index >= 15 is 0 Å². The van der Waals surface area contributed by atoms with Crippen LogP contribution in [0.15, 0.2) is 30.5 Å². The van der Waals surface area contributed by atoms with Crippen molar-refractivity contribution in [3.63, 3.8) is 0 Å². The van der Waals surface area contributed by atoms with Crippen molar-refractivity contribution in [1.29, 1.82) is 0 Å². The van der Waals surface area contributed by atoms with Crippen LogP contribution in [0.5, 0.6) is 0 Å². The number of Topliss-reactive ketones (excluding diaryl/α,β-unsaturated/α-hetero) is 1. The third-order valence-electron chi connectivity index (χ3n) is 6.12. The number of allylic oxidation sites excluding steroid dienone is 1. The molecule has 3 aliphatic rings. The van der Waals surface area contributed by atoms with Gasteiger partial charge in [0.25, 0.3) is 0 Å². The lowest BCUT2D eigenvalue weighted by Gasteiger charge is -2.38. The van der Waals surface area contributed by atoms with Gasteiger partial charge >= 0.3 is 0 Å². The first-order valence-corrected chi connectivity index (χ1v) is 11.0. The summed E-state index contributed by atoms with van der Waals surface area (Å²) in [5, 5.41) is 0.662. The molecule has 158 valence electrons. The molecule has 2 aliphatic heterocycles. The number of hydrogen-bond donors (Lipinski definition) is 0. The van der Waals surface area contributed by atoms with Crippen LogP contribution in [0.3, 0.4) is 0 Å². The van der Waals surface area contributed by atoms with Gasteiger partial charge in [0.1, 0.15) is 6.10 Å². The standard InChI is InChI=1S/C23H30ClNO4/c1-15-12-25(13-16(2)29-15)9-10-27-19-7-8-20-22(11-19)28-14-21(23(20)26)17-3-5-18(24)6-4-17/h3-6,14-16,19-20,22H,7-13H2,1-2H3. The van der Waals surface area contributed by atoms with Crippen molar-refractivity contribution >= 4 is 23.0 Å². The molecule has 0 amide bonds. The van der Waals surface area contributed by atoms with Crippen molar-refractivity contribution in [1.82, 2.24) is 4.90 Å². The smallest absolute Gasteiger partial charge is 0.173 e. The lowest BCUT2D eigenvalue weighted by molar-refractivity contribution is -0.128. The fourth-order valence-corrected chi connectivity index (χ4v) is 4.89. The summed E-state index contributed by atoms with van der Waals surface area (Å²) in [4.78, 5) is 15.4. The lowest BCUT2D eigenvalue weighted by atomic mass is 9.78. The molecule has 1 saturated heterocycles. The average molecular weight is 420 g/mol. The highest BCUT2D eigenvalue weighted by atomic mass is 35.5. The second kappa shape index (κ2) is 9.17. The fourth-order valence-electron chi connectivity index (χ4n) is 4.76. The summed E-state index contributed by atoms with van der Waals surface area (Å²) in [5.74, 6) is 0.102. The van der Waals surface area contributed by atoms with Gasteiger partial charge in [-0.1, -0.05) is 23.7 Å². The van der Waals surface area contributed by atoms with E-state index in [4.69, 9.17) is 25.8 Å². The van der Waals surface area contributed by atoms with Gasteiger partial charge < -0.3 is 14.2 Å². The van der Waals surface area contributed by atoms with Gasteiger partial charge in [0.2, 0.25) is 0 Å². The highest BCUT2D eigenvalue weighted by molar-refractivity contribution is 6.30. The maximum atomic E-state index is 13.0. The summed E-state index contributed by atoms with van der Waals surface area (Å²) in [6.45, 7) is 7.78. The molecule has 1 aromatic carbocycles. The van der Waals surface area contributed by atoms with Gasteiger partial charge in [0, 0.05) is 31.1 Å². The van der Waals surface area contributed by atoms with Crippen molar-refractivity contribution in [3.05, 3.63) is 41.1 Å². The first-order valence-electron chi connectivity index (χ1n) is 10.6. The molecule has 0 spiro atoms. The van der Waals surface area contributed by atoms with Crippen LogP contribution in [-0.4, -0.2) is 61.3 Å². The number of hydrogen-bond acceptors (Lipinski definition) is 5. The summed E-state index contributed by atoms with van der Waals surface area (Å²) in [6.07, 6.45) is 4.74. The SMILES string of the molecule is CC1CN(CCOC2CCC3C(=O)C(c4ccc(Cl)cc4)=COC3C2)CC(C)O1. The quantitative estimate of drug-likeness (QED) is 0.723. The van der Waals surface area contributed by atoms with Crippen LogP contribution in [0.25, 0.3) is 5.57 Å². The maximum absolute atomic E-state index is 13.0. The van der Waals surface area contributed by atoms with Gasteiger partial charge in [-0.05, 0) is 44.4 Å². The summed E-state index contributed by atoms with van der Waals surface area (Å²) in [7, 11) is 0. The Labute approximate surface area is 177 Å². The topological polar surface area (TPSA) is 48.0 Å². The van der Waals surface area contributed by atoms with E-state index in [1.807, 2.05) is 12.1 Å². The van der Waals surface area contributed by atoms with Gasteiger partial charge in [-0.3, -0.25) is 9.69 Å². The molecule has 29 heavy (non-hydrogen) atoms. The molecule has 0 radical (unpaired) electrons. The Hall–Kier alpha value is -1.40. The molecule has 0 aromatic heterocycles. The van der Waals surface area contributed by atoms with E-state index in [1.165, 1.54) is 0 Å². The van der Waals surface area contributed by atoms with E-state index in [0.29, 0.717) is 17.2 Å².